The van der Waals surface area contributed by atoms with Crippen LogP contribution >= 0.6 is 0 Å². The third kappa shape index (κ3) is 7.97. The topological polar surface area (TPSA) is 66.4 Å². The number of carboxylic acid groups (broad SMARTS) is 1. The van der Waals surface area contributed by atoms with Crippen molar-refractivity contribution in [3.05, 3.63) is 0 Å². The van der Waals surface area contributed by atoms with E-state index in [4.69, 9.17) is 5.11 Å². The van der Waals surface area contributed by atoms with E-state index >= 15 is 0 Å². The second-order valence-electron chi connectivity index (χ2n) is 5.11. The third-order valence-corrected chi connectivity index (χ3v) is 1.98. The van der Waals surface area contributed by atoms with E-state index in [1.54, 1.807) is 13.8 Å². The average Bonchev–Trinajstić information content (AvgIpc) is 1.96. The van der Waals surface area contributed by atoms with Gasteiger partial charge in [-0.25, -0.2) is 0 Å². The first-order valence-electron chi connectivity index (χ1n) is 5.21. The number of amides is 1. The highest BCUT2D eigenvalue weighted by Gasteiger charge is 2.24. The number of carboxylic acids is 1. The average molecular weight is 215 g/mol. The maximum absolute atomic E-state index is 11.4. The van der Waals surface area contributed by atoms with Gasteiger partial charge in [-0.05, 0) is 11.3 Å². The van der Waals surface area contributed by atoms with Crippen LogP contribution in [-0.4, -0.2) is 23.5 Å². The van der Waals surface area contributed by atoms with Crippen LogP contribution in [0.5, 0.6) is 0 Å². The van der Waals surface area contributed by atoms with Crippen molar-refractivity contribution in [2.75, 3.05) is 6.54 Å². The van der Waals surface area contributed by atoms with Crippen molar-refractivity contribution < 1.29 is 14.7 Å². The van der Waals surface area contributed by atoms with Gasteiger partial charge in [-0.2, -0.15) is 0 Å². The Morgan fingerprint density at radius 3 is 2.20 bits per heavy atom. The molecule has 4 nitrogen and oxygen atoms in total. The summed E-state index contributed by atoms with van der Waals surface area (Å²) in [7, 11) is 0. The molecular weight excluding hydrogens is 194 g/mol. The van der Waals surface area contributed by atoms with Gasteiger partial charge in [0.2, 0.25) is 5.91 Å². The first kappa shape index (κ1) is 13.9. The van der Waals surface area contributed by atoms with E-state index in [1.807, 2.05) is 13.8 Å². The molecule has 88 valence electrons. The Hall–Kier alpha value is -1.06. The molecule has 0 bridgehead atoms. The fourth-order valence-electron chi connectivity index (χ4n) is 1.29. The maximum atomic E-state index is 11.4. The third-order valence-electron chi connectivity index (χ3n) is 1.98. The number of hydrogen-bond acceptors (Lipinski definition) is 2. The normalized spacial score (nSPS) is 11.5. The molecule has 0 rings (SSSR count). The summed E-state index contributed by atoms with van der Waals surface area (Å²) < 4.78 is 0. The van der Waals surface area contributed by atoms with Crippen molar-refractivity contribution in [3.63, 3.8) is 0 Å². The number of rotatable bonds is 6. The molecule has 0 saturated heterocycles. The minimum Gasteiger partial charge on any atom is -0.481 e. The van der Waals surface area contributed by atoms with Gasteiger partial charge in [-0.15, -0.1) is 0 Å². The van der Waals surface area contributed by atoms with Gasteiger partial charge in [0, 0.05) is 13.0 Å². The van der Waals surface area contributed by atoms with Crippen LogP contribution in [-0.2, 0) is 9.59 Å². The number of carbonyl (C=O) groups is 2. The Bertz CT molecular complexity index is 234. The van der Waals surface area contributed by atoms with Gasteiger partial charge in [0.15, 0.2) is 0 Å². The maximum Gasteiger partial charge on any atom is 0.303 e. The zero-order valence-electron chi connectivity index (χ0n) is 9.96. The molecule has 0 aliphatic rings. The van der Waals surface area contributed by atoms with Crippen LogP contribution in [0, 0.1) is 11.3 Å². The van der Waals surface area contributed by atoms with E-state index < -0.39 is 11.4 Å². The van der Waals surface area contributed by atoms with Crippen LogP contribution in [0.4, 0.5) is 0 Å². The Balaban J connectivity index is 3.98. The van der Waals surface area contributed by atoms with E-state index in [-0.39, 0.29) is 18.7 Å². The molecule has 0 fully saturated rings. The first-order valence-corrected chi connectivity index (χ1v) is 5.21. The highest BCUT2D eigenvalue weighted by molar-refractivity contribution is 5.77. The quantitative estimate of drug-likeness (QED) is 0.708. The molecule has 1 amide bonds. The Labute approximate surface area is 91.1 Å². The summed E-state index contributed by atoms with van der Waals surface area (Å²) in [6.07, 6.45) is 0.272. The van der Waals surface area contributed by atoms with Gasteiger partial charge in [0.05, 0.1) is 6.42 Å². The van der Waals surface area contributed by atoms with Gasteiger partial charge in [0.1, 0.15) is 0 Å². The summed E-state index contributed by atoms with van der Waals surface area (Å²) in [6.45, 7) is 8.25. The summed E-state index contributed by atoms with van der Waals surface area (Å²) in [5.41, 5.74) is -0.479. The Kier molecular flexibility index (Phi) is 5.33. The largest absolute Gasteiger partial charge is 0.481 e. The molecule has 0 aliphatic heterocycles. The molecule has 0 aromatic heterocycles. The van der Waals surface area contributed by atoms with Crippen molar-refractivity contribution in [3.8, 4) is 0 Å². The summed E-state index contributed by atoms with van der Waals surface area (Å²) in [5.74, 6) is -0.525. The van der Waals surface area contributed by atoms with Crippen LogP contribution in [0.2, 0.25) is 0 Å². The van der Waals surface area contributed by atoms with E-state index in [1.165, 1.54) is 0 Å². The lowest BCUT2D eigenvalue weighted by molar-refractivity contribution is -0.139. The molecule has 0 unspecified atom stereocenters. The lowest BCUT2D eigenvalue weighted by atomic mass is 9.85. The molecule has 0 atom stereocenters. The van der Waals surface area contributed by atoms with Gasteiger partial charge in [-0.3, -0.25) is 9.59 Å². The monoisotopic (exact) mass is 215 g/mol. The van der Waals surface area contributed by atoms with Crippen molar-refractivity contribution in [2.24, 2.45) is 11.3 Å². The molecule has 0 heterocycles. The van der Waals surface area contributed by atoms with E-state index in [0.717, 1.165) is 0 Å². The fraction of sp³-hybridized carbons (Fsp3) is 0.818. The van der Waals surface area contributed by atoms with E-state index in [2.05, 4.69) is 5.32 Å². The second kappa shape index (κ2) is 5.73. The van der Waals surface area contributed by atoms with Gasteiger partial charge < -0.3 is 10.4 Å². The van der Waals surface area contributed by atoms with Gasteiger partial charge in [-0.1, -0.05) is 27.7 Å². The lowest BCUT2D eigenvalue weighted by Crippen LogP contribution is -2.32. The number of carbonyl (C=O) groups excluding carboxylic acids is 1. The number of aliphatic carboxylic acids is 1. The molecule has 0 radical (unpaired) electrons. The fourth-order valence-corrected chi connectivity index (χ4v) is 1.29. The summed E-state index contributed by atoms with van der Waals surface area (Å²) in [5, 5.41) is 11.4. The van der Waals surface area contributed by atoms with E-state index in [9.17, 15) is 9.59 Å². The predicted molar refractivity (Wildman–Crippen MR) is 58.5 cm³/mol. The van der Waals surface area contributed by atoms with Crippen molar-refractivity contribution in [1.82, 2.24) is 5.32 Å². The minimum absolute atomic E-state index is 0.0160. The van der Waals surface area contributed by atoms with Gasteiger partial charge >= 0.3 is 5.97 Å². The zero-order chi connectivity index (χ0) is 12.1. The number of hydrogen-bond donors (Lipinski definition) is 2. The number of nitrogens with one attached hydrogen (secondary N) is 1. The lowest BCUT2D eigenvalue weighted by Gasteiger charge is -2.21. The van der Waals surface area contributed by atoms with E-state index in [0.29, 0.717) is 12.5 Å². The van der Waals surface area contributed by atoms with Crippen molar-refractivity contribution in [2.45, 2.75) is 40.5 Å². The predicted octanol–water partition coefficient (Wildman–Crippen LogP) is 1.65. The molecule has 15 heavy (non-hydrogen) atoms. The molecule has 4 heteroatoms. The van der Waals surface area contributed by atoms with Crippen LogP contribution in [0.3, 0.4) is 0 Å². The zero-order valence-corrected chi connectivity index (χ0v) is 9.96. The summed E-state index contributed by atoms with van der Waals surface area (Å²) in [4.78, 5) is 22.0. The summed E-state index contributed by atoms with van der Waals surface area (Å²) in [6, 6.07) is 0. The Morgan fingerprint density at radius 1 is 1.27 bits per heavy atom. The van der Waals surface area contributed by atoms with Crippen molar-refractivity contribution >= 4 is 11.9 Å². The highest BCUT2D eigenvalue weighted by atomic mass is 16.4. The standard InChI is InChI=1S/C11H21NO3/c1-8(2)7-12-9(13)5-11(3,4)6-10(14)15/h8H,5-7H2,1-4H3,(H,12,13)(H,14,15). The minimum atomic E-state index is -0.864. The molecule has 0 aromatic carbocycles. The van der Waals surface area contributed by atoms with Crippen molar-refractivity contribution in [1.29, 1.82) is 0 Å². The summed E-state index contributed by atoms with van der Waals surface area (Å²) >= 11 is 0. The molecule has 2 N–H and O–H groups in total. The SMILES string of the molecule is CC(C)CNC(=O)CC(C)(C)CC(=O)O. The molecule has 0 aromatic rings. The first-order chi connectivity index (χ1) is 6.73. The van der Waals surface area contributed by atoms with Crippen LogP contribution < -0.4 is 5.32 Å². The van der Waals surface area contributed by atoms with Crippen LogP contribution in [0.1, 0.15) is 40.5 Å². The van der Waals surface area contributed by atoms with Crippen LogP contribution in [0.15, 0.2) is 0 Å². The van der Waals surface area contributed by atoms with Gasteiger partial charge in [0.25, 0.3) is 0 Å². The smallest absolute Gasteiger partial charge is 0.303 e. The van der Waals surface area contributed by atoms with Crippen LogP contribution in [0.25, 0.3) is 0 Å². The Morgan fingerprint density at radius 2 is 1.80 bits per heavy atom. The second-order valence-corrected chi connectivity index (χ2v) is 5.11. The molecule has 0 spiro atoms. The molecular formula is C11H21NO3. The molecule has 0 saturated carbocycles. The highest BCUT2D eigenvalue weighted by Crippen LogP contribution is 2.24. The molecule has 0 aliphatic carbocycles.